The highest BCUT2D eigenvalue weighted by Gasteiger charge is 2.06. The van der Waals surface area contributed by atoms with Crippen LogP contribution in [-0.4, -0.2) is 19.1 Å². The fraction of sp³-hybridized carbons (Fsp3) is 0.364. The van der Waals surface area contributed by atoms with Crippen molar-refractivity contribution in [2.75, 3.05) is 13.2 Å². The first kappa shape index (κ1) is 15.4. The lowest BCUT2D eigenvalue weighted by atomic mass is 10.3. The minimum atomic E-state index is -0.247. The molecule has 0 fully saturated rings. The van der Waals surface area contributed by atoms with Crippen LogP contribution in [0.3, 0.4) is 0 Å². The molecule has 0 aromatic heterocycles. The molecule has 1 amide bonds. The molecule has 7 heteroatoms. The summed E-state index contributed by atoms with van der Waals surface area (Å²) < 4.78 is 5.41. The third-order valence-corrected chi connectivity index (χ3v) is 2.86. The molecule has 100 valence electrons. The zero-order valence-electron chi connectivity index (χ0n) is 9.63. The van der Waals surface area contributed by atoms with E-state index in [1.165, 1.54) is 13.0 Å². The third-order valence-electron chi connectivity index (χ3n) is 1.84. The van der Waals surface area contributed by atoms with Crippen molar-refractivity contribution in [2.24, 2.45) is 0 Å². The van der Waals surface area contributed by atoms with Crippen molar-refractivity contribution in [3.63, 3.8) is 0 Å². The molecule has 1 aromatic rings. The number of hydrogen-bond donors (Lipinski definition) is 1. The number of hydroxylamine groups is 1. The Labute approximate surface area is 120 Å². The summed E-state index contributed by atoms with van der Waals surface area (Å²) in [6.45, 7) is 2.10. The predicted octanol–water partition coefficient (Wildman–Crippen LogP) is 3.48. The van der Waals surface area contributed by atoms with Gasteiger partial charge in [0.2, 0.25) is 5.91 Å². The van der Waals surface area contributed by atoms with Gasteiger partial charge in [-0.3, -0.25) is 9.63 Å². The van der Waals surface area contributed by atoms with Gasteiger partial charge in [0.15, 0.2) is 0 Å². The third kappa shape index (κ3) is 5.31. The molecule has 1 aromatic carbocycles. The van der Waals surface area contributed by atoms with E-state index >= 15 is 0 Å². The van der Waals surface area contributed by atoms with E-state index in [4.69, 9.17) is 44.4 Å². The Bertz CT molecular complexity index is 426. The second-order valence-electron chi connectivity index (χ2n) is 3.41. The zero-order chi connectivity index (χ0) is 13.5. The first-order valence-corrected chi connectivity index (χ1v) is 6.30. The Hall–Kier alpha value is -0.680. The van der Waals surface area contributed by atoms with Crippen molar-refractivity contribution in [3.8, 4) is 5.75 Å². The van der Waals surface area contributed by atoms with Gasteiger partial charge in [-0.1, -0.05) is 34.8 Å². The van der Waals surface area contributed by atoms with Gasteiger partial charge in [-0.15, -0.1) is 0 Å². The summed E-state index contributed by atoms with van der Waals surface area (Å²) in [5, 5.41) is 1.15. The summed E-state index contributed by atoms with van der Waals surface area (Å²) in [6.07, 6.45) is 0.594. The van der Waals surface area contributed by atoms with Crippen LogP contribution in [0.4, 0.5) is 0 Å². The van der Waals surface area contributed by atoms with Crippen molar-refractivity contribution in [1.29, 1.82) is 0 Å². The Morgan fingerprint density at radius 3 is 2.50 bits per heavy atom. The predicted molar refractivity (Wildman–Crippen MR) is 71.4 cm³/mol. The molecule has 0 aliphatic carbocycles. The fourth-order valence-electron chi connectivity index (χ4n) is 1.08. The van der Waals surface area contributed by atoms with Gasteiger partial charge in [0.1, 0.15) is 5.75 Å². The monoisotopic (exact) mass is 311 g/mol. The van der Waals surface area contributed by atoms with Gasteiger partial charge in [-0.2, -0.15) is 0 Å². The van der Waals surface area contributed by atoms with Gasteiger partial charge in [-0.05, 0) is 6.07 Å². The van der Waals surface area contributed by atoms with Gasteiger partial charge in [0, 0.05) is 19.4 Å². The molecule has 0 radical (unpaired) electrons. The molecule has 0 saturated heterocycles. The Morgan fingerprint density at radius 1 is 1.17 bits per heavy atom. The van der Waals surface area contributed by atoms with Crippen molar-refractivity contribution >= 4 is 40.7 Å². The van der Waals surface area contributed by atoms with Crippen LogP contribution < -0.4 is 10.2 Å². The van der Waals surface area contributed by atoms with E-state index in [0.29, 0.717) is 40.5 Å². The van der Waals surface area contributed by atoms with Gasteiger partial charge in [-0.25, -0.2) is 5.48 Å². The van der Waals surface area contributed by atoms with Crippen LogP contribution in [0.2, 0.25) is 15.1 Å². The summed E-state index contributed by atoms with van der Waals surface area (Å²) in [7, 11) is 0. The lowest BCUT2D eigenvalue weighted by molar-refractivity contribution is -0.131. The summed E-state index contributed by atoms with van der Waals surface area (Å²) in [4.78, 5) is 15.3. The van der Waals surface area contributed by atoms with Crippen molar-refractivity contribution in [1.82, 2.24) is 5.48 Å². The normalized spacial score (nSPS) is 10.2. The summed E-state index contributed by atoms with van der Waals surface area (Å²) in [5.41, 5.74) is 2.21. The van der Waals surface area contributed by atoms with Crippen molar-refractivity contribution in [3.05, 3.63) is 27.2 Å². The second-order valence-corrected chi connectivity index (χ2v) is 4.63. The topological polar surface area (TPSA) is 47.6 Å². The van der Waals surface area contributed by atoms with Crippen molar-refractivity contribution in [2.45, 2.75) is 13.3 Å². The highest BCUT2D eigenvalue weighted by atomic mass is 35.5. The minimum absolute atomic E-state index is 0.247. The minimum Gasteiger partial charge on any atom is -0.492 e. The molecule has 0 heterocycles. The Kier molecular flexibility index (Phi) is 6.57. The molecular weight excluding hydrogens is 300 g/mol. The number of carbonyl (C=O) groups is 1. The average molecular weight is 313 g/mol. The summed E-state index contributed by atoms with van der Waals surface area (Å²) in [6, 6.07) is 3.08. The number of nitrogens with one attached hydrogen (secondary N) is 1. The Morgan fingerprint density at radius 2 is 1.83 bits per heavy atom. The number of carbonyl (C=O) groups excluding carboxylic acids is 1. The number of ether oxygens (including phenoxy) is 1. The highest BCUT2D eigenvalue weighted by molar-refractivity contribution is 6.43. The van der Waals surface area contributed by atoms with Crippen LogP contribution in [0.15, 0.2) is 12.1 Å². The highest BCUT2D eigenvalue weighted by Crippen LogP contribution is 2.33. The maximum Gasteiger partial charge on any atom is 0.240 e. The lowest BCUT2D eigenvalue weighted by Gasteiger charge is -2.09. The van der Waals surface area contributed by atoms with Crippen molar-refractivity contribution < 1.29 is 14.4 Å². The average Bonchev–Trinajstić information content (AvgIpc) is 2.29. The molecule has 1 N–H and O–H groups in total. The lowest BCUT2D eigenvalue weighted by Crippen LogP contribution is -2.21. The van der Waals surface area contributed by atoms with Gasteiger partial charge in [0.05, 0.1) is 28.3 Å². The molecule has 0 unspecified atom stereocenters. The van der Waals surface area contributed by atoms with E-state index in [9.17, 15) is 4.79 Å². The second kappa shape index (κ2) is 7.69. The summed E-state index contributed by atoms with van der Waals surface area (Å²) >= 11 is 17.6. The van der Waals surface area contributed by atoms with E-state index in [1.54, 1.807) is 6.07 Å². The van der Waals surface area contributed by atoms with E-state index < -0.39 is 0 Å². The molecule has 4 nitrogen and oxygen atoms in total. The van der Waals surface area contributed by atoms with Crippen LogP contribution in [-0.2, 0) is 9.63 Å². The smallest absolute Gasteiger partial charge is 0.240 e. The molecule has 0 saturated carbocycles. The van der Waals surface area contributed by atoms with E-state index in [1.807, 2.05) is 0 Å². The number of rotatable bonds is 6. The SMILES string of the molecule is CC(=O)NOCCCOc1cc(Cl)c(Cl)cc1Cl. The van der Waals surface area contributed by atoms with Crippen LogP contribution in [0.25, 0.3) is 0 Å². The number of benzene rings is 1. The van der Waals surface area contributed by atoms with Gasteiger partial charge in [0.25, 0.3) is 0 Å². The molecule has 0 atom stereocenters. The molecule has 0 aliphatic rings. The molecule has 18 heavy (non-hydrogen) atoms. The molecular formula is C11H12Cl3NO3. The molecule has 0 spiro atoms. The largest absolute Gasteiger partial charge is 0.492 e. The van der Waals surface area contributed by atoms with Crippen LogP contribution in [0.1, 0.15) is 13.3 Å². The van der Waals surface area contributed by atoms with Crippen LogP contribution in [0, 0.1) is 0 Å². The first-order valence-electron chi connectivity index (χ1n) is 5.16. The molecule has 0 bridgehead atoms. The molecule has 1 rings (SSSR count). The van der Waals surface area contributed by atoms with Gasteiger partial charge >= 0.3 is 0 Å². The number of halogens is 3. The molecule has 0 aliphatic heterocycles. The quantitative estimate of drug-likeness (QED) is 0.497. The van der Waals surface area contributed by atoms with Crippen LogP contribution >= 0.6 is 34.8 Å². The number of amides is 1. The number of hydrogen-bond acceptors (Lipinski definition) is 3. The van der Waals surface area contributed by atoms with E-state index in [-0.39, 0.29) is 5.91 Å². The van der Waals surface area contributed by atoms with Gasteiger partial charge < -0.3 is 4.74 Å². The first-order chi connectivity index (χ1) is 8.50. The summed E-state index contributed by atoms with van der Waals surface area (Å²) in [5.74, 6) is 0.217. The maximum atomic E-state index is 10.5. The van der Waals surface area contributed by atoms with E-state index in [2.05, 4.69) is 5.48 Å². The zero-order valence-corrected chi connectivity index (χ0v) is 11.9. The van der Waals surface area contributed by atoms with Crippen LogP contribution in [0.5, 0.6) is 5.75 Å². The standard InChI is InChI=1S/C11H12Cl3NO3/c1-7(16)15-18-4-2-3-17-11-6-9(13)8(12)5-10(11)14/h5-6H,2-4H2,1H3,(H,15,16). The fourth-order valence-corrected chi connectivity index (χ4v) is 1.67. The maximum absolute atomic E-state index is 10.5. The Balaban J connectivity index is 2.31. The van der Waals surface area contributed by atoms with E-state index in [0.717, 1.165) is 0 Å².